The molecule has 1 aliphatic rings. The SMILES string of the molecule is NC[C@H]1CCc2c(sc3c(F)cccc23)C1. The third kappa shape index (κ3) is 1.46. The van der Waals surface area contributed by atoms with Crippen molar-refractivity contribution in [3.63, 3.8) is 0 Å². The zero-order chi connectivity index (χ0) is 11.1. The summed E-state index contributed by atoms with van der Waals surface area (Å²) in [7, 11) is 0. The lowest BCUT2D eigenvalue weighted by atomic mass is 9.88. The fourth-order valence-corrected chi connectivity index (χ4v) is 3.91. The van der Waals surface area contributed by atoms with Gasteiger partial charge in [0.1, 0.15) is 5.82 Å². The third-order valence-electron chi connectivity index (χ3n) is 3.46. The number of thiophene rings is 1. The van der Waals surface area contributed by atoms with E-state index in [-0.39, 0.29) is 5.82 Å². The Labute approximate surface area is 98.1 Å². The molecule has 16 heavy (non-hydrogen) atoms. The molecule has 0 saturated carbocycles. The summed E-state index contributed by atoms with van der Waals surface area (Å²) in [5.74, 6) is 0.504. The number of halogens is 1. The molecule has 1 aromatic heterocycles. The largest absolute Gasteiger partial charge is 0.330 e. The minimum atomic E-state index is -0.0822. The van der Waals surface area contributed by atoms with Crippen molar-refractivity contribution >= 4 is 21.4 Å². The summed E-state index contributed by atoms with van der Waals surface area (Å²) in [6.07, 6.45) is 3.23. The van der Waals surface area contributed by atoms with E-state index in [0.717, 1.165) is 35.9 Å². The van der Waals surface area contributed by atoms with Crippen molar-refractivity contribution in [1.29, 1.82) is 0 Å². The lowest BCUT2D eigenvalue weighted by Gasteiger charge is -2.20. The normalized spacial score (nSPS) is 20.0. The molecule has 3 heteroatoms. The number of benzene rings is 1. The van der Waals surface area contributed by atoms with Crippen LogP contribution < -0.4 is 5.73 Å². The molecule has 0 amide bonds. The van der Waals surface area contributed by atoms with Gasteiger partial charge >= 0.3 is 0 Å². The molecule has 0 spiro atoms. The van der Waals surface area contributed by atoms with Gasteiger partial charge in [0.05, 0.1) is 4.70 Å². The van der Waals surface area contributed by atoms with Crippen molar-refractivity contribution in [2.24, 2.45) is 11.7 Å². The van der Waals surface area contributed by atoms with Crippen LogP contribution in [0.25, 0.3) is 10.1 Å². The van der Waals surface area contributed by atoms with Crippen molar-refractivity contribution in [1.82, 2.24) is 0 Å². The van der Waals surface area contributed by atoms with E-state index in [0.29, 0.717) is 5.92 Å². The maximum atomic E-state index is 13.6. The number of aryl methyl sites for hydroxylation is 1. The molecule has 1 aromatic carbocycles. The predicted octanol–water partition coefficient (Wildman–Crippen LogP) is 3.10. The lowest BCUT2D eigenvalue weighted by molar-refractivity contribution is 0.476. The molecule has 1 nitrogen and oxygen atoms in total. The van der Waals surface area contributed by atoms with Crippen LogP contribution in [0.1, 0.15) is 16.9 Å². The van der Waals surface area contributed by atoms with Gasteiger partial charge in [-0.2, -0.15) is 0 Å². The highest BCUT2D eigenvalue weighted by Gasteiger charge is 2.22. The molecule has 0 bridgehead atoms. The first kappa shape index (κ1) is 10.2. The highest BCUT2D eigenvalue weighted by atomic mass is 32.1. The maximum absolute atomic E-state index is 13.6. The summed E-state index contributed by atoms with van der Waals surface area (Å²) < 4.78 is 14.5. The molecular weight excluding hydrogens is 221 g/mol. The number of nitrogens with two attached hydrogens (primary N) is 1. The van der Waals surface area contributed by atoms with Gasteiger partial charge in [0.2, 0.25) is 0 Å². The molecule has 1 aliphatic carbocycles. The van der Waals surface area contributed by atoms with E-state index >= 15 is 0 Å². The van der Waals surface area contributed by atoms with Gasteiger partial charge in [-0.3, -0.25) is 0 Å². The van der Waals surface area contributed by atoms with Crippen LogP contribution in [-0.2, 0) is 12.8 Å². The highest BCUT2D eigenvalue weighted by Crippen LogP contribution is 2.38. The molecule has 2 N–H and O–H groups in total. The molecule has 0 fully saturated rings. The van der Waals surface area contributed by atoms with Crippen molar-refractivity contribution in [2.45, 2.75) is 19.3 Å². The van der Waals surface area contributed by atoms with E-state index in [1.807, 2.05) is 6.07 Å². The van der Waals surface area contributed by atoms with Crippen LogP contribution in [0.2, 0.25) is 0 Å². The Morgan fingerprint density at radius 1 is 1.44 bits per heavy atom. The minimum Gasteiger partial charge on any atom is -0.330 e. The Balaban J connectivity index is 2.16. The second-order valence-electron chi connectivity index (χ2n) is 4.46. The molecule has 0 unspecified atom stereocenters. The standard InChI is InChI=1S/C13H14FNS/c14-11-3-1-2-10-9-5-4-8(7-15)6-12(9)16-13(10)11/h1-3,8H,4-7,15H2/t8-/m0/s1. The van der Waals surface area contributed by atoms with Crippen molar-refractivity contribution in [3.05, 3.63) is 34.5 Å². The Kier molecular flexibility index (Phi) is 2.45. The van der Waals surface area contributed by atoms with E-state index in [9.17, 15) is 4.39 Å². The second kappa shape index (κ2) is 3.82. The van der Waals surface area contributed by atoms with Gasteiger partial charge in [-0.05, 0) is 48.7 Å². The molecule has 0 radical (unpaired) electrons. The van der Waals surface area contributed by atoms with Crippen LogP contribution in [0, 0.1) is 11.7 Å². The Hall–Kier alpha value is -0.930. The van der Waals surface area contributed by atoms with E-state index in [2.05, 4.69) is 0 Å². The van der Waals surface area contributed by atoms with E-state index in [4.69, 9.17) is 5.73 Å². The van der Waals surface area contributed by atoms with Gasteiger partial charge in [0.25, 0.3) is 0 Å². The van der Waals surface area contributed by atoms with Crippen LogP contribution >= 0.6 is 11.3 Å². The summed E-state index contributed by atoms with van der Waals surface area (Å²) in [5.41, 5.74) is 7.08. The lowest BCUT2D eigenvalue weighted by Crippen LogP contribution is -2.20. The van der Waals surface area contributed by atoms with Gasteiger partial charge in [-0.15, -0.1) is 11.3 Å². The van der Waals surface area contributed by atoms with Gasteiger partial charge in [-0.25, -0.2) is 4.39 Å². The maximum Gasteiger partial charge on any atom is 0.141 e. The molecule has 1 atom stereocenters. The fourth-order valence-electron chi connectivity index (χ4n) is 2.54. The zero-order valence-electron chi connectivity index (χ0n) is 9.00. The van der Waals surface area contributed by atoms with Crippen LogP contribution in [0.4, 0.5) is 4.39 Å². The van der Waals surface area contributed by atoms with Gasteiger partial charge in [0.15, 0.2) is 0 Å². The van der Waals surface area contributed by atoms with E-state index < -0.39 is 0 Å². The average molecular weight is 235 g/mol. The van der Waals surface area contributed by atoms with Crippen LogP contribution in [0.5, 0.6) is 0 Å². The molecule has 84 valence electrons. The Morgan fingerprint density at radius 2 is 2.31 bits per heavy atom. The van der Waals surface area contributed by atoms with Crippen LogP contribution in [0.15, 0.2) is 18.2 Å². The number of hydrogen-bond acceptors (Lipinski definition) is 2. The zero-order valence-corrected chi connectivity index (χ0v) is 9.82. The topological polar surface area (TPSA) is 26.0 Å². The first-order valence-electron chi connectivity index (χ1n) is 5.68. The first-order chi connectivity index (χ1) is 7.79. The van der Waals surface area contributed by atoms with Gasteiger partial charge in [0, 0.05) is 4.88 Å². The van der Waals surface area contributed by atoms with E-state index in [1.165, 1.54) is 10.4 Å². The summed E-state index contributed by atoms with van der Waals surface area (Å²) in [4.78, 5) is 1.35. The molecule has 0 aliphatic heterocycles. The smallest absolute Gasteiger partial charge is 0.141 e. The Bertz CT molecular complexity index is 532. The highest BCUT2D eigenvalue weighted by molar-refractivity contribution is 7.19. The molecule has 0 saturated heterocycles. The van der Waals surface area contributed by atoms with Gasteiger partial charge < -0.3 is 5.73 Å². The number of fused-ring (bicyclic) bond motifs is 3. The monoisotopic (exact) mass is 235 g/mol. The quantitative estimate of drug-likeness (QED) is 0.807. The summed E-state index contributed by atoms with van der Waals surface area (Å²) >= 11 is 1.61. The first-order valence-corrected chi connectivity index (χ1v) is 6.50. The fraction of sp³-hybridized carbons (Fsp3) is 0.385. The van der Waals surface area contributed by atoms with E-state index in [1.54, 1.807) is 23.5 Å². The summed E-state index contributed by atoms with van der Waals surface area (Å²) in [6, 6.07) is 5.39. The summed E-state index contributed by atoms with van der Waals surface area (Å²) in [5, 5.41) is 1.12. The predicted molar refractivity (Wildman–Crippen MR) is 66.4 cm³/mol. The van der Waals surface area contributed by atoms with Crippen molar-refractivity contribution in [2.75, 3.05) is 6.54 Å². The molecule has 2 aromatic rings. The molecule has 3 rings (SSSR count). The van der Waals surface area contributed by atoms with Crippen LogP contribution in [-0.4, -0.2) is 6.54 Å². The second-order valence-corrected chi connectivity index (χ2v) is 5.57. The summed E-state index contributed by atoms with van der Waals surface area (Å²) in [6.45, 7) is 0.746. The molecular formula is C13H14FNS. The number of hydrogen-bond donors (Lipinski definition) is 1. The van der Waals surface area contributed by atoms with Crippen molar-refractivity contribution < 1.29 is 4.39 Å². The number of rotatable bonds is 1. The third-order valence-corrected chi connectivity index (χ3v) is 4.74. The van der Waals surface area contributed by atoms with Gasteiger partial charge in [-0.1, -0.05) is 12.1 Å². The average Bonchev–Trinajstić information content (AvgIpc) is 2.68. The minimum absolute atomic E-state index is 0.0822. The van der Waals surface area contributed by atoms with Crippen LogP contribution in [0.3, 0.4) is 0 Å². The Morgan fingerprint density at radius 3 is 3.12 bits per heavy atom. The molecule has 1 heterocycles. The van der Waals surface area contributed by atoms with Crippen molar-refractivity contribution in [3.8, 4) is 0 Å².